The van der Waals surface area contributed by atoms with Gasteiger partial charge < -0.3 is 5.32 Å². The minimum absolute atomic E-state index is 0.0627. The molecular formula is C18H18N4O2S. The molecule has 1 N–H and O–H groups in total. The maximum Gasteiger partial charge on any atom is 0.294 e. The van der Waals surface area contributed by atoms with Crippen molar-refractivity contribution in [2.75, 3.05) is 11.9 Å². The molecule has 2 aromatic heterocycles. The summed E-state index contributed by atoms with van der Waals surface area (Å²) in [6.45, 7) is 2.91. The van der Waals surface area contributed by atoms with Gasteiger partial charge >= 0.3 is 0 Å². The van der Waals surface area contributed by atoms with Gasteiger partial charge in [-0.05, 0) is 49.3 Å². The van der Waals surface area contributed by atoms with E-state index in [1.165, 1.54) is 11.6 Å². The third-order valence-electron chi connectivity index (χ3n) is 4.40. The minimum Gasteiger partial charge on any atom is -0.370 e. The number of nitrogens with one attached hydrogen (secondary N) is 1. The summed E-state index contributed by atoms with van der Waals surface area (Å²) < 4.78 is 1.71. The van der Waals surface area contributed by atoms with Crippen LogP contribution in [0, 0.1) is 17.0 Å². The van der Waals surface area contributed by atoms with E-state index in [9.17, 15) is 10.1 Å². The SMILES string of the molecule is Cc1csc(-c2nn(-c3ccccc3[N+](=O)[O-])c3c2CCCCN3)c1. The van der Waals surface area contributed by atoms with Gasteiger partial charge in [0.1, 0.15) is 17.2 Å². The van der Waals surface area contributed by atoms with Crippen LogP contribution in [0.5, 0.6) is 0 Å². The second-order valence-electron chi connectivity index (χ2n) is 6.21. The first-order chi connectivity index (χ1) is 12.1. The van der Waals surface area contributed by atoms with Crippen LogP contribution in [0.1, 0.15) is 24.0 Å². The molecule has 7 heteroatoms. The molecule has 0 amide bonds. The summed E-state index contributed by atoms with van der Waals surface area (Å²) in [4.78, 5) is 12.2. The molecule has 0 saturated carbocycles. The molecule has 0 atom stereocenters. The van der Waals surface area contributed by atoms with E-state index >= 15 is 0 Å². The number of hydrogen-bond donors (Lipinski definition) is 1. The van der Waals surface area contributed by atoms with Gasteiger partial charge in [0.05, 0.1) is 9.80 Å². The van der Waals surface area contributed by atoms with Crippen LogP contribution in [0.25, 0.3) is 16.3 Å². The van der Waals surface area contributed by atoms with E-state index in [0.717, 1.165) is 47.8 Å². The molecule has 0 spiro atoms. The Morgan fingerprint density at radius 3 is 2.92 bits per heavy atom. The standard InChI is InChI=1S/C18H18N4O2S/c1-12-10-16(25-11-12)17-13-6-4-5-9-19-18(13)21(20-17)14-7-2-3-8-15(14)22(23)24/h2-3,7-8,10-11,19H,4-6,9H2,1H3. The Morgan fingerprint density at radius 2 is 2.16 bits per heavy atom. The van der Waals surface area contributed by atoms with Crippen LogP contribution in [0.4, 0.5) is 11.5 Å². The third-order valence-corrected chi connectivity index (χ3v) is 5.45. The van der Waals surface area contributed by atoms with E-state index in [1.807, 2.05) is 6.07 Å². The van der Waals surface area contributed by atoms with Crippen molar-refractivity contribution in [2.45, 2.75) is 26.2 Å². The predicted molar refractivity (Wildman–Crippen MR) is 99.7 cm³/mol. The highest BCUT2D eigenvalue weighted by atomic mass is 32.1. The quantitative estimate of drug-likeness (QED) is 0.552. The summed E-state index contributed by atoms with van der Waals surface area (Å²) in [5.41, 5.74) is 3.85. The summed E-state index contributed by atoms with van der Waals surface area (Å²) in [6.07, 6.45) is 3.09. The maximum absolute atomic E-state index is 11.5. The highest BCUT2D eigenvalue weighted by Gasteiger charge is 2.25. The number of hydrogen-bond acceptors (Lipinski definition) is 5. The molecule has 0 saturated heterocycles. The van der Waals surface area contributed by atoms with Gasteiger partial charge in [-0.1, -0.05) is 12.1 Å². The zero-order valence-electron chi connectivity index (χ0n) is 13.9. The normalized spacial score (nSPS) is 13.8. The summed E-state index contributed by atoms with van der Waals surface area (Å²) in [6, 6.07) is 8.89. The Bertz CT molecular complexity index is 944. The largest absolute Gasteiger partial charge is 0.370 e. The van der Waals surface area contributed by atoms with Crippen LogP contribution in [-0.4, -0.2) is 21.2 Å². The molecule has 0 aliphatic carbocycles. The molecular weight excluding hydrogens is 336 g/mol. The highest BCUT2D eigenvalue weighted by molar-refractivity contribution is 7.13. The molecule has 1 aromatic carbocycles. The summed E-state index contributed by atoms with van der Waals surface area (Å²) in [5.74, 6) is 0.882. The number of aromatic nitrogens is 2. The highest BCUT2D eigenvalue weighted by Crippen LogP contribution is 2.38. The molecule has 3 heterocycles. The van der Waals surface area contributed by atoms with E-state index in [0.29, 0.717) is 5.69 Å². The first kappa shape index (κ1) is 15.8. The molecule has 6 nitrogen and oxygen atoms in total. The van der Waals surface area contributed by atoms with Crippen molar-refractivity contribution in [3.05, 3.63) is 57.0 Å². The van der Waals surface area contributed by atoms with Crippen LogP contribution in [0.15, 0.2) is 35.7 Å². The van der Waals surface area contributed by atoms with Crippen molar-refractivity contribution in [1.29, 1.82) is 0 Å². The monoisotopic (exact) mass is 354 g/mol. The van der Waals surface area contributed by atoms with E-state index in [1.54, 1.807) is 28.2 Å². The molecule has 0 fully saturated rings. The molecule has 0 unspecified atom stereocenters. The van der Waals surface area contributed by atoms with Crippen LogP contribution < -0.4 is 5.32 Å². The number of nitro benzene ring substituents is 1. The smallest absolute Gasteiger partial charge is 0.294 e. The molecule has 0 radical (unpaired) electrons. The minimum atomic E-state index is -0.352. The van der Waals surface area contributed by atoms with E-state index in [4.69, 9.17) is 5.10 Å². The number of benzene rings is 1. The Kier molecular flexibility index (Phi) is 4.01. The zero-order valence-corrected chi connectivity index (χ0v) is 14.7. The Balaban J connectivity index is 1.95. The lowest BCUT2D eigenvalue weighted by atomic mass is 10.1. The lowest BCUT2D eigenvalue weighted by molar-refractivity contribution is -0.384. The number of thiophene rings is 1. The van der Waals surface area contributed by atoms with Gasteiger partial charge in [-0.2, -0.15) is 5.10 Å². The van der Waals surface area contributed by atoms with Crippen LogP contribution in [-0.2, 0) is 6.42 Å². The lowest BCUT2D eigenvalue weighted by Crippen LogP contribution is -2.08. The Labute approximate surface area is 149 Å². The van der Waals surface area contributed by atoms with Gasteiger partial charge in [-0.3, -0.25) is 10.1 Å². The van der Waals surface area contributed by atoms with Crippen LogP contribution in [0.3, 0.4) is 0 Å². The van der Waals surface area contributed by atoms with Gasteiger partial charge in [-0.25, -0.2) is 4.68 Å². The van der Waals surface area contributed by atoms with Crippen molar-refractivity contribution in [3.63, 3.8) is 0 Å². The second kappa shape index (κ2) is 6.33. The van der Waals surface area contributed by atoms with Gasteiger partial charge in [0, 0.05) is 18.2 Å². The maximum atomic E-state index is 11.5. The fourth-order valence-corrected chi connectivity index (χ4v) is 4.14. The van der Waals surface area contributed by atoms with Crippen LogP contribution >= 0.6 is 11.3 Å². The number of aryl methyl sites for hydroxylation is 1. The number of nitrogens with zero attached hydrogens (tertiary/aromatic N) is 3. The van der Waals surface area contributed by atoms with E-state index in [-0.39, 0.29) is 10.6 Å². The molecule has 128 valence electrons. The van der Waals surface area contributed by atoms with E-state index in [2.05, 4.69) is 23.7 Å². The second-order valence-corrected chi connectivity index (χ2v) is 7.12. The van der Waals surface area contributed by atoms with Crippen molar-refractivity contribution >= 4 is 22.8 Å². The van der Waals surface area contributed by atoms with Crippen molar-refractivity contribution in [2.24, 2.45) is 0 Å². The number of para-hydroxylation sites is 2. The molecule has 0 bridgehead atoms. The van der Waals surface area contributed by atoms with Crippen molar-refractivity contribution in [1.82, 2.24) is 9.78 Å². The van der Waals surface area contributed by atoms with Crippen molar-refractivity contribution < 1.29 is 4.92 Å². The van der Waals surface area contributed by atoms with Gasteiger partial charge in [0.15, 0.2) is 0 Å². The topological polar surface area (TPSA) is 73.0 Å². The molecule has 1 aliphatic rings. The third kappa shape index (κ3) is 2.80. The summed E-state index contributed by atoms with van der Waals surface area (Å²) in [5, 5.41) is 21.8. The lowest BCUT2D eigenvalue weighted by Gasteiger charge is -2.09. The average Bonchev–Trinajstić information content (AvgIpc) is 3.10. The average molecular weight is 354 g/mol. The molecule has 25 heavy (non-hydrogen) atoms. The van der Waals surface area contributed by atoms with Crippen molar-refractivity contribution in [3.8, 4) is 16.3 Å². The van der Waals surface area contributed by atoms with Gasteiger partial charge in [0.2, 0.25) is 0 Å². The first-order valence-corrected chi connectivity index (χ1v) is 9.18. The van der Waals surface area contributed by atoms with E-state index < -0.39 is 0 Å². The summed E-state index contributed by atoms with van der Waals surface area (Å²) >= 11 is 1.66. The fraction of sp³-hybridized carbons (Fsp3) is 0.278. The zero-order chi connectivity index (χ0) is 17.4. The number of rotatable bonds is 3. The summed E-state index contributed by atoms with van der Waals surface area (Å²) in [7, 11) is 0. The van der Waals surface area contributed by atoms with Gasteiger partial charge in [-0.15, -0.1) is 11.3 Å². The number of fused-ring (bicyclic) bond motifs is 1. The van der Waals surface area contributed by atoms with Gasteiger partial charge in [0.25, 0.3) is 5.69 Å². The fourth-order valence-electron chi connectivity index (χ4n) is 3.23. The molecule has 3 aromatic rings. The Hall–Kier alpha value is -2.67. The predicted octanol–water partition coefficient (Wildman–Crippen LogP) is 4.57. The Morgan fingerprint density at radius 1 is 1.32 bits per heavy atom. The first-order valence-electron chi connectivity index (χ1n) is 8.30. The number of anilines is 1. The molecule has 4 rings (SSSR count). The van der Waals surface area contributed by atoms with Crippen LogP contribution in [0.2, 0.25) is 0 Å². The molecule has 1 aliphatic heterocycles. The number of nitro groups is 1.